The molecule has 0 aliphatic carbocycles. The third kappa shape index (κ3) is 4.89. The van der Waals surface area contributed by atoms with Crippen molar-refractivity contribution in [3.05, 3.63) is 65.7 Å². The molecule has 1 aliphatic heterocycles. The summed E-state index contributed by atoms with van der Waals surface area (Å²) in [6.45, 7) is 4.54. The van der Waals surface area contributed by atoms with Crippen molar-refractivity contribution in [2.24, 2.45) is 0 Å². The molecule has 4 nitrogen and oxygen atoms in total. The van der Waals surface area contributed by atoms with E-state index in [0.717, 1.165) is 50.2 Å². The van der Waals surface area contributed by atoms with Gasteiger partial charge in [0.25, 0.3) is 0 Å². The fourth-order valence-electron chi connectivity index (χ4n) is 3.87. The van der Waals surface area contributed by atoms with E-state index in [0.29, 0.717) is 6.04 Å². The fraction of sp³-hybridized carbons (Fsp3) is 0.435. The van der Waals surface area contributed by atoms with Gasteiger partial charge in [-0.15, -0.1) is 0 Å². The Bertz CT molecular complexity index is 724. The van der Waals surface area contributed by atoms with Crippen LogP contribution in [0, 0.1) is 0 Å². The van der Waals surface area contributed by atoms with Crippen LogP contribution < -0.4 is 10.1 Å². The van der Waals surface area contributed by atoms with Crippen molar-refractivity contribution in [2.45, 2.75) is 44.7 Å². The lowest BCUT2D eigenvalue weighted by atomic mass is 9.93. The lowest BCUT2D eigenvalue weighted by Gasteiger charge is -2.34. The van der Waals surface area contributed by atoms with Crippen LogP contribution in [0.2, 0.25) is 0 Å². The molecule has 1 saturated heterocycles. The van der Waals surface area contributed by atoms with Gasteiger partial charge in [-0.3, -0.25) is 4.79 Å². The average Bonchev–Trinajstić information content (AvgIpc) is 2.74. The maximum absolute atomic E-state index is 13.0. The highest BCUT2D eigenvalue weighted by atomic mass is 16.5. The highest BCUT2D eigenvalue weighted by Gasteiger charge is 2.28. The summed E-state index contributed by atoms with van der Waals surface area (Å²) in [5, 5.41) is 3.63. The van der Waals surface area contributed by atoms with Gasteiger partial charge in [-0.2, -0.15) is 0 Å². The number of ether oxygens (including phenoxy) is 1. The number of nitrogens with one attached hydrogen (secondary N) is 1. The highest BCUT2D eigenvalue weighted by Crippen LogP contribution is 2.24. The summed E-state index contributed by atoms with van der Waals surface area (Å²) >= 11 is 0. The quantitative estimate of drug-likeness (QED) is 0.806. The van der Waals surface area contributed by atoms with Gasteiger partial charge in [0.15, 0.2) is 0 Å². The molecule has 1 amide bonds. The number of hydrogen-bond acceptors (Lipinski definition) is 3. The molecule has 1 aliphatic rings. The maximum Gasteiger partial charge on any atom is 0.230 e. The first kappa shape index (κ1) is 19.4. The van der Waals surface area contributed by atoms with E-state index in [1.54, 1.807) is 7.11 Å². The third-order valence-electron chi connectivity index (χ3n) is 5.49. The van der Waals surface area contributed by atoms with Gasteiger partial charge in [-0.25, -0.2) is 0 Å². The largest absolute Gasteiger partial charge is 0.496 e. The molecule has 2 aromatic rings. The molecule has 27 heavy (non-hydrogen) atoms. The second-order valence-corrected chi connectivity index (χ2v) is 7.16. The molecule has 0 bridgehead atoms. The summed E-state index contributed by atoms with van der Waals surface area (Å²) in [7, 11) is 1.71. The number of methoxy groups -OCH3 is 1. The summed E-state index contributed by atoms with van der Waals surface area (Å²) < 4.78 is 5.42. The van der Waals surface area contributed by atoms with Crippen molar-refractivity contribution in [2.75, 3.05) is 20.2 Å². The Labute approximate surface area is 162 Å². The number of para-hydroxylation sites is 1. The predicted octanol–water partition coefficient (Wildman–Crippen LogP) is 3.97. The van der Waals surface area contributed by atoms with Crippen LogP contribution >= 0.6 is 0 Å². The van der Waals surface area contributed by atoms with E-state index in [4.69, 9.17) is 4.74 Å². The van der Waals surface area contributed by atoms with Crippen molar-refractivity contribution < 1.29 is 9.53 Å². The van der Waals surface area contributed by atoms with Crippen LogP contribution in [-0.2, 0) is 11.3 Å². The standard InChI is InChI=1S/C23H30N2O2/c1-3-21(18-9-5-4-6-10-18)23(26)25-15-13-20(14-16-25)24-17-19-11-7-8-12-22(19)27-2/h4-12,20-21,24H,3,13-17H2,1-2H3. The molecular formula is C23H30N2O2. The number of amides is 1. The summed E-state index contributed by atoms with van der Waals surface area (Å²) in [5.74, 6) is 1.17. The Balaban J connectivity index is 1.51. The highest BCUT2D eigenvalue weighted by molar-refractivity contribution is 5.83. The topological polar surface area (TPSA) is 41.6 Å². The van der Waals surface area contributed by atoms with Gasteiger partial charge in [-0.1, -0.05) is 55.5 Å². The molecule has 4 heteroatoms. The zero-order chi connectivity index (χ0) is 19.1. The predicted molar refractivity (Wildman–Crippen MR) is 109 cm³/mol. The minimum absolute atomic E-state index is 0.0238. The van der Waals surface area contributed by atoms with Crippen LogP contribution in [0.25, 0.3) is 0 Å². The Hall–Kier alpha value is -2.33. The Morgan fingerprint density at radius 1 is 1.11 bits per heavy atom. The molecule has 0 spiro atoms. The minimum atomic E-state index is -0.0238. The number of carbonyl (C=O) groups excluding carboxylic acids is 1. The van der Waals surface area contributed by atoms with E-state index < -0.39 is 0 Å². The number of nitrogens with zero attached hydrogens (tertiary/aromatic N) is 1. The number of likely N-dealkylation sites (tertiary alicyclic amines) is 1. The lowest BCUT2D eigenvalue weighted by molar-refractivity contribution is -0.134. The lowest BCUT2D eigenvalue weighted by Crippen LogP contribution is -2.46. The molecule has 0 aromatic heterocycles. The number of hydrogen-bond donors (Lipinski definition) is 1. The van der Waals surface area contributed by atoms with Crippen LogP contribution in [0.3, 0.4) is 0 Å². The fourth-order valence-corrected chi connectivity index (χ4v) is 3.87. The maximum atomic E-state index is 13.0. The monoisotopic (exact) mass is 366 g/mol. The van der Waals surface area contributed by atoms with E-state index in [1.165, 1.54) is 5.56 Å². The first-order chi connectivity index (χ1) is 13.2. The van der Waals surface area contributed by atoms with Gasteiger partial charge in [0.05, 0.1) is 13.0 Å². The molecular weight excluding hydrogens is 336 g/mol. The number of carbonyl (C=O) groups is 1. The molecule has 1 N–H and O–H groups in total. The molecule has 144 valence electrons. The van der Waals surface area contributed by atoms with E-state index >= 15 is 0 Å². The normalized spacial score (nSPS) is 16.1. The molecule has 1 unspecified atom stereocenters. The summed E-state index contributed by atoms with van der Waals surface area (Å²) in [4.78, 5) is 15.0. The van der Waals surface area contributed by atoms with E-state index in [2.05, 4.69) is 30.4 Å². The van der Waals surface area contributed by atoms with E-state index in [9.17, 15) is 4.79 Å². The molecule has 3 rings (SSSR count). The molecule has 0 saturated carbocycles. The Morgan fingerprint density at radius 3 is 2.44 bits per heavy atom. The van der Waals surface area contributed by atoms with E-state index in [1.807, 2.05) is 41.3 Å². The van der Waals surface area contributed by atoms with Gasteiger partial charge in [0.2, 0.25) is 5.91 Å². The van der Waals surface area contributed by atoms with Gasteiger partial charge in [0, 0.05) is 31.2 Å². The van der Waals surface area contributed by atoms with Gasteiger partial charge < -0.3 is 15.0 Å². The first-order valence-electron chi connectivity index (χ1n) is 9.92. The van der Waals surface area contributed by atoms with Crippen molar-refractivity contribution in [3.8, 4) is 5.75 Å². The van der Waals surface area contributed by atoms with Crippen LogP contribution in [0.1, 0.15) is 43.2 Å². The second kappa shape index (κ2) is 9.56. The van der Waals surface area contributed by atoms with Crippen LogP contribution in [0.4, 0.5) is 0 Å². The Morgan fingerprint density at radius 2 is 1.78 bits per heavy atom. The number of piperidine rings is 1. The number of rotatable bonds is 7. The molecule has 0 radical (unpaired) electrons. The zero-order valence-electron chi connectivity index (χ0n) is 16.4. The summed E-state index contributed by atoms with van der Waals surface area (Å²) in [5.41, 5.74) is 2.30. The van der Waals surface area contributed by atoms with Crippen LogP contribution in [0.15, 0.2) is 54.6 Å². The van der Waals surface area contributed by atoms with Crippen molar-refractivity contribution >= 4 is 5.91 Å². The summed E-state index contributed by atoms with van der Waals surface area (Å²) in [6, 6.07) is 18.7. The first-order valence-corrected chi connectivity index (χ1v) is 9.92. The molecule has 1 heterocycles. The van der Waals surface area contributed by atoms with E-state index in [-0.39, 0.29) is 11.8 Å². The van der Waals surface area contributed by atoms with Gasteiger partial charge in [0.1, 0.15) is 5.75 Å². The Kier molecular flexibility index (Phi) is 6.88. The summed E-state index contributed by atoms with van der Waals surface area (Å²) in [6.07, 6.45) is 2.83. The van der Waals surface area contributed by atoms with Crippen molar-refractivity contribution in [1.29, 1.82) is 0 Å². The smallest absolute Gasteiger partial charge is 0.230 e. The molecule has 1 fully saturated rings. The third-order valence-corrected chi connectivity index (χ3v) is 5.49. The number of benzene rings is 2. The zero-order valence-corrected chi connectivity index (χ0v) is 16.4. The average molecular weight is 367 g/mol. The van der Waals surface area contributed by atoms with Crippen molar-refractivity contribution in [1.82, 2.24) is 10.2 Å². The minimum Gasteiger partial charge on any atom is -0.496 e. The van der Waals surface area contributed by atoms with Crippen LogP contribution in [-0.4, -0.2) is 37.0 Å². The van der Waals surface area contributed by atoms with Gasteiger partial charge >= 0.3 is 0 Å². The molecule has 1 atom stereocenters. The SMILES string of the molecule is CCC(C(=O)N1CCC(NCc2ccccc2OC)CC1)c1ccccc1. The van der Waals surface area contributed by atoms with Crippen molar-refractivity contribution in [3.63, 3.8) is 0 Å². The second-order valence-electron chi connectivity index (χ2n) is 7.16. The van der Waals surface area contributed by atoms with Crippen LogP contribution in [0.5, 0.6) is 5.75 Å². The van der Waals surface area contributed by atoms with Gasteiger partial charge in [-0.05, 0) is 30.9 Å². The molecule has 2 aromatic carbocycles.